The lowest BCUT2D eigenvalue weighted by Crippen LogP contribution is -2.10. The van der Waals surface area contributed by atoms with Crippen molar-refractivity contribution in [1.29, 1.82) is 0 Å². The quantitative estimate of drug-likeness (QED) is 0.144. The van der Waals surface area contributed by atoms with Crippen molar-refractivity contribution < 1.29 is 4.42 Å². The Morgan fingerprint density at radius 2 is 0.750 bits per heavy atom. The molecule has 358 valence electrons. The minimum Gasteiger partial charge on any atom is -0.460 e. The molecule has 0 saturated carbocycles. The van der Waals surface area contributed by atoms with E-state index in [4.69, 9.17) is 4.42 Å². The summed E-state index contributed by atoms with van der Waals surface area (Å²) in [6.07, 6.45) is 4.11. The van der Waals surface area contributed by atoms with Crippen molar-refractivity contribution in [2.24, 2.45) is 0 Å². The summed E-state index contributed by atoms with van der Waals surface area (Å²) in [4.78, 5) is 2.38. The van der Waals surface area contributed by atoms with Crippen LogP contribution in [0.2, 0.25) is 0 Å². The second kappa shape index (κ2) is 17.9. The van der Waals surface area contributed by atoms with Crippen LogP contribution in [0.4, 0.5) is 17.1 Å². The van der Waals surface area contributed by atoms with E-state index < -0.39 is 0 Å². The Labute approximate surface area is 440 Å². The van der Waals surface area contributed by atoms with Crippen molar-refractivity contribution >= 4 is 83.4 Å². The van der Waals surface area contributed by atoms with Crippen LogP contribution in [-0.4, -0.2) is 9.13 Å². The monoisotopic (exact) mass is 971 g/mol. The van der Waals surface area contributed by atoms with Crippen LogP contribution in [0.5, 0.6) is 0 Å². The van der Waals surface area contributed by atoms with Gasteiger partial charge in [-0.2, -0.15) is 0 Å². The van der Waals surface area contributed by atoms with Gasteiger partial charge in [-0.05, 0) is 148 Å². The molecule has 0 amide bonds. The number of hydrogen-bond acceptors (Lipinski definition) is 2. The molecule has 0 radical (unpaired) electrons. The van der Waals surface area contributed by atoms with Gasteiger partial charge in [0.05, 0.1) is 22.1 Å². The Balaban J connectivity index is 0.893. The largest absolute Gasteiger partial charge is 0.460 e. The van der Waals surface area contributed by atoms with E-state index in [0.29, 0.717) is 0 Å². The van der Waals surface area contributed by atoms with Crippen molar-refractivity contribution in [3.05, 3.63) is 278 Å². The Bertz CT molecular complexity index is 4370. The van der Waals surface area contributed by atoms with Gasteiger partial charge >= 0.3 is 0 Å². The van der Waals surface area contributed by atoms with Gasteiger partial charge in [-0.25, -0.2) is 0 Å². The summed E-state index contributed by atoms with van der Waals surface area (Å²) in [6, 6.07) is 97.1. The highest BCUT2D eigenvalue weighted by Crippen LogP contribution is 2.44. The van der Waals surface area contributed by atoms with E-state index >= 15 is 0 Å². The van der Waals surface area contributed by atoms with Gasteiger partial charge in [-0.15, -0.1) is 0 Å². The molecule has 0 spiro atoms. The van der Waals surface area contributed by atoms with Crippen LogP contribution >= 0.6 is 0 Å². The molecule has 1 aliphatic rings. The summed E-state index contributed by atoms with van der Waals surface area (Å²) in [5.41, 5.74) is 21.7. The number of fused-ring (bicyclic) bond motifs is 9. The lowest BCUT2D eigenvalue weighted by atomic mass is 9.95. The van der Waals surface area contributed by atoms with Gasteiger partial charge in [0.1, 0.15) is 11.3 Å². The number of rotatable bonds is 9. The minimum absolute atomic E-state index is 0.834. The molecule has 4 heteroatoms. The molecule has 3 aromatic heterocycles. The molecule has 3 heterocycles. The summed E-state index contributed by atoms with van der Waals surface area (Å²) in [5, 5.41) is 6.14. The normalized spacial score (nSPS) is 12.4. The van der Waals surface area contributed by atoms with Crippen molar-refractivity contribution in [1.82, 2.24) is 9.13 Å². The smallest absolute Gasteiger partial charge is 0.134 e. The second-order valence-corrected chi connectivity index (χ2v) is 20.0. The van der Waals surface area contributed by atoms with Gasteiger partial charge in [0.2, 0.25) is 0 Å². The fraction of sp³-hybridized carbons (Fsp3) is 0.0278. The molecule has 15 rings (SSSR count). The number of allylic oxidation sites excluding steroid dienone is 1. The predicted molar refractivity (Wildman–Crippen MR) is 319 cm³/mol. The molecule has 4 nitrogen and oxygen atoms in total. The molecule has 0 aliphatic heterocycles. The third-order valence-corrected chi connectivity index (χ3v) is 15.6. The Morgan fingerprint density at radius 1 is 0.303 bits per heavy atom. The molecule has 0 saturated heterocycles. The van der Waals surface area contributed by atoms with Crippen LogP contribution in [-0.2, 0) is 6.42 Å². The topological polar surface area (TPSA) is 26.2 Å². The van der Waals surface area contributed by atoms with Gasteiger partial charge in [-0.1, -0.05) is 176 Å². The molecule has 0 bridgehead atoms. The summed E-state index contributed by atoms with van der Waals surface area (Å²) in [7, 11) is 0. The van der Waals surface area contributed by atoms with Crippen LogP contribution in [0, 0.1) is 0 Å². The molecular weight excluding hydrogens is 923 g/mol. The van der Waals surface area contributed by atoms with Gasteiger partial charge < -0.3 is 18.5 Å². The fourth-order valence-electron chi connectivity index (χ4n) is 12.0. The van der Waals surface area contributed by atoms with E-state index in [-0.39, 0.29) is 0 Å². The standard InChI is InChI=1S/C72H49N3O/c1-3-16-48(17-4-1)50-30-35-56(36-31-50)73(57-37-32-51(33-38-57)49-18-5-2-6-19-49)58-21-15-20-52(43-58)54-42-55(45-60(44-54)75-69-28-13-9-24-63(69)64-25-10-14-29-70(64)75)53-34-40-71-65(46-53)66-47-59(39-41-72(66)76-71)74-67-26-11-7-22-61(67)62-23-8-12-27-68(62)74/h1-38,40,42-47H,39,41H2. The van der Waals surface area contributed by atoms with Gasteiger partial charge in [0, 0.05) is 67.4 Å². The van der Waals surface area contributed by atoms with Crippen molar-refractivity contribution in [3.63, 3.8) is 0 Å². The number of anilines is 3. The van der Waals surface area contributed by atoms with Crippen LogP contribution in [0.3, 0.4) is 0 Å². The van der Waals surface area contributed by atoms with Gasteiger partial charge in [0.25, 0.3) is 0 Å². The lowest BCUT2D eigenvalue weighted by Gasteiger charge is -2.26. The maximum Gasteiger partial charge on any atom is 0.134 e. The number of para-hydroxylation sites is 4. The first-order valence-corrected chi connectivity index (χ1v) is 26.3. The number of aromatic nitrogens is 2. The van der Waals surface area contributed by atoms with Crippen LogP contribution in [0.1, 0.15) is 17.7 Å². The first-order chi connectivity index (χ1) is 37.7. The zero-order valence-corrected chi connectivity index (χ0v) is 41.6. The average molecular weight is 972 g/mol. The highest BCUT2D eigenvalue weighted by Gasteiger charge is 2.23. The highest BCUT2D eigenvalue weighted by molar-refractivity contribution is 6.12. The number of furan rings is 1. The Morgan fingerprint density at radius 3 is 1.29 bits per heavy atom. The molecule has 76 heavy (non-hydrogen) atoms. The Kier molecular flexibility index (Phi) is 10.3. The highest BCUT2D eigenvalue weighted by atomic mass is 16.3. The second-order valence-electron chi connectivity index (χ2n) is 20.0. The van der Waals surface area contributed by atoms with Crippen molar-refractivity contribution in [2.45, 2.75) is 12.8 Å². The first kappa shape index (κ1) is 43.7. The molecular formula is C72H49N3O. The van der Waals surface area contributed by atoms with E-state index in [1.54, 1.807) is 0 Å². The van der Waals surface area contributed by atoms with Crippen LogP contribution in [0.25, 0.3) is 117 Å². The number of nitrogens with zero attached hydrogens (tertiary/aromatic N) is 3. The van der Waals surface area contributed by atoms with Gasteiger partial charge in [0.15, 0.2) is 0 Å². The zero-order valence-electron chi connectivity index (χ0n) is 41.6. The summed E-state index contributed by atoms with van der Waals surface area (Å²) in [6.45, 7) is 0. The van der Waals surface area contributed by atoms with Crippen molar-refractivity contribution in [3.8, 4) is 50.2 Å². The molecule has 0 atom stereocenters. The van der Waals surface area contributed by atoms with Gasteiger partial charge in [-0.3, -0.25) is 0 Å². The third-order valence-electron chi connectivity index (χ3n) is 15.6. The Hall–Kier alpha value is -9.90. The molecule has 0 fully saturated rings. The van der Waals surface area contributed by atoms with E-state index in [1.165, 1.54) is 77.1 Å². The zero-order chi connectivity index (χ0) is 50.1. The maximum atomic E-state index is 6.70. The number of aryl methyl sites for hydroxylation is 1. The molecule has 11 aromatic carbocycles. The maximum absolute atomic E-state index is 6.70. The summed E-state index contributed by atoms with van der Waals surface area (Å²) < 4.78 is 11.6. The minimum atomic E-state index is 0.834. The molecule has 0 unspecified atom stereocenters. The van der Waals surface area contributed by atoms with Crippen LogP contribution < -0.4 is 4.90 Å². The van der Waals surface area contributed by atoms with E-state index in [1.807, 2.05) is 0 Å². The summed E-state index contributed by atoms with van der Waals surface area (Å²) >= 11 is 0. The fourth-order valence-corrected chi connectivity index (χ4v) is 12.0. The molecule has 14 aromatic rings. The predicted octanol–water partition coefficient (Wildman–Crippen LogP) is 19.7. The van der Waals surface area contributed by atoms with E-state index in [9.17, 15) is 0 Å². The van der Waals surface area contributed by atoms with E-state index in [2.05, 4.69) is 287 Å². The number of hydrogen-bond donors (Lipinski definition) is 0. The number of benzene rings is 11. The summed E-state index contributed by atoms with van der Waals surface area (Å²) in [5.74, 6) is 1.04. The lowest BCUT2D eigenvalue weighted by molar-refractivity contribution is 0.546. The SMILES string of the molecule is C1=C(n2c3ccccc3c3ccccc32)CCc2oc3ccc(-c4cc(-c5cccc(N(c6ccc(-c7ccccc7)cc6)c6ccc(-c7ccccc7)cc6)c5)cc(-n5c6ccccc6c6ccccc65)c4)cc3c21. The first-order valence-electron chi connectivity index (χ1n) is 26.3. The third kappa shape index (κ3) is 7.37. The van der Waals surface area contributed by atoms with E-state index in [0.717, 1.165) is 74.6 Å². The molecule has 1 aliphatic carbocycles. The molecule has 0 N–H and O–H groups in total. The van der Waals surface area contributed by atoms with Crippen LogP contribution in [0.15, 0.2) is 271 Å². The van der Waals surface area contributed by atoms with Crippen molar-refractivity contribution in [2.75, 3.05) is 4.90 Å². The average Bonchev–Trinajstić information content (AvgIpc) is 4.23.